The highest BCUT2D eigenvalue weighted by Crippen LogP contribution is 2.21. The molecule has 1 heterocycles. The van der Waals surface area contributed by atoms with Crippen LogP contribution >= 0.6 is 0 Å². The summed E-state index contributed by atoms with van der Waals surface area (Å²) in [6.45, 7) is 8.17. The van der Waals surface area contributed by atoms with E-state index in [0.717, 1.165) is 19.6 Å². The number of rotatable bonds is 6. The van der Waals surface area contributed by atoms with Crippen molar-refractivity contribution in [1.29, 1.82) is 0 Å². The van der Waals surface area contributed by atoms with Crippen LogP contribution < -0.4 is 10.6 Å². The molecule has 2 atom stereocenters. The van der Waals surface area contributed by atoms with Crippen LogP contribution in [0.15, 0.2) is 0 Å². The van der Waals surface area contributed by atoms with Crippen LogP contribution in [0.1, 0.15) is 39.5 Å². The predicted octanol–water partition coefficient (Wildman–Crippen LogP) is 0.975. The van der Waals surface area contributed by atoms with E-state index in [-0.39, 0.29) is 5.91 Å². The molecular formula is C14H27N3O. The van der Waals surface area contributed by atoms with Crippen LogP contribution in [0.25, 0.3) is 0 Å². The predicted molar refractivity (Wildman–Crippen MR) is 73.5 cm³/mol. The maximum atomic E-state index is 11.8. The Hall–Kier alpha value is -0.610. The van der Waals surface area contributed by atoms with Crippen molar-refractivity contribution < 1.29 is 4.79 Å². The van der Waals surface area contributed by atoms with E-state index in [4.69, 9.17) is 0 Å². The highest BCUT2D eigenvalue weighted by atomic mass is 16.2. The van der Waals surface area contributed by atoms with Gasteiger partial charge in [-0.1, -0.05) is 20.3 Å². The minimum atomic E-state index is 0.217. The third kappa shape index (κ3) is 3.95. The fourth-order valence-electron chi connectivity index (χ4n) is 2.90. The molecule has 4 nitrogen and oxygen atoms in total. The third-order valence-corrected chi connectivity index (χ3v) is 4.12. The fraction of sp³-hybridized carbons (Fsp3) is 0.929. The summed E-state index contributed by atoms with van der Waals surface area (Å²) in [5.74, 6) is 0.904. The lowest BCUT2D eigenvalue weighted by Crippen LogP contribution is -2.51. The number of nitrogens with zero attached hydrogens (tertiary/aromatic N) is 1. The Morgan fingerprint density at radius 1 is 1.28 bits per heavy atom. The molecule has 2 fully saturated rings. The summed E-state index contributed by atoms with van der Waals surface area (Å²) < 4.78 is 0. The SMILES string of the molecule is CCNC1CCN(CC(=O)NC2CC2)CC1CC. The van der Waals surface area contributed by atoms with E-state index in [1.807, 2.05) is 0 Å². The van der Waals surface area contributed by atoms with Gasteiger partial charge in [-0.25, -0.2) is 0 Å². The molecule has 0 aromatic rings. The van der Waals surface area contributed by atoms with Crippen LogP contribution in [0, 0.1) is 5.92 Å². The van der Waals surface area contributed by atoms with E-state index in [2.05, 4.69) is 29.4 Å². The number of nitrogens with one attached hydrogen (secondary N) is 2. The lowest BCUT2D eigenvalue weighted by Gasteiger charge is -2.38. The summed E-state index contributed by atoms with van der Waals surface area (Å²) in [4.78, 5) is 14.1. The number of carbonyl (C=O) groups is 1. The summed E-state index contributed by atoms with van der Waals surface area (Å²) >= 11 is 0. The third-order valence-electron chi connectivity index (χ3n) is 4.12. The average Bonchev–Trinajstić information content (AvgIpc) is 3.15. The van der Waals surface area contributed by atoms with Crippen molar-refractivity contribution in [3.8, 4) is 0 Å². The molecule has 1 saturated heterocycles. The van der Waals surface area contributed by atoms with Gasteiger partial charge in [-0.15, -0.1) is 0 Å². The summed E-state index contributed by atoms with van der Waals surface area (Å²) in [6.07, 6.45) is 4.71. The van der Waals surface area contributed by atoms with Gasteiger partial charge < -0.3 is 10.6 Å². The Kier molecular flexibility index (Phi) is 5.01. The summed E-state index contributed by atoms with van der Waals surface area (Å²) in [5.41, 5.74) is 0. The van der Waals surface area contributed by atoms with Crippen molar-refractivity contribution in [2.75, 3.05) is 26.2 Å². The topological polar surface area (TPSA) is 44.4 Å². The molecule has 1 aliphatic heterocycles. The zero-order valence-corrected chi connectivity index (χ0v) is 11.7. The van der Waals surface area contributed by atoms with Gasteiger partial charge in [0.25, 0.3) is 0 Å². The molecule has 0 radical (unpaired) electrons. The zero-order chi connectivity index (χ0) is 13.0. The molecule has 4 heteroatoms. The van der Waals surface area contributed by atoms with Gasteiger partial charge in [0.2, 0.25) is 5.91 Å². The van der Waals surface area contributed by atoms with Crippen LogP contribution in [-0.4, -0.2) is 49.1 Å². The number of hydrogen-bond acceptors (Lipinski definition) is 3. The molecule has 1 saturated carbocycles. The number of carbonyl (C=O) groups excluding carboxylic acids is 1. The van der Waals surface area contributed by atoms with Crippen LogP contribution in [0.5, 0.6) is 0 Å². The van der Waals surface area contributed by atoms with Crippen molar-refractivity contribution in [3.63, 3.8) is 0 Å². The lowest BCUT2D eigenvalue weighted by atomic mass is 9.90. The van der Waals surface area contributed by atoms with Crippen molar-refractivity contribution in [3.05, 3.63) is 0 Å². The second-order valence-electron chi connectivity index (χ2n) is 5.70. The fourth-order valence-corrected chi connectivity index (χ4v) is 2.90. The van der Waals surface area contributed by atoms with E-state index < -0.39 is 0 Å². The van der Waals surface area contributed by atoms with E-state index in [1.165, 1.54) is 25.7 Å². The molecule has 0 aromatic heterocycles. The largest absolute Gasteiger partial charge is 0.352 e. The molecule has 2 aliphatic rings. The molecule has 2 N–H and O–H groups in total. The first-order valence-corrected chi connectivity index (χ1v) is 7.48. The van der Waals surface area contributed by atoms with Gasteiger partial charge in [0.05, 0.1) is 6.54 Å². The second-order valence-corrected chi connectivity index (χ2v) is 5.70. The summed E-state index contributed by atoms with van der Waals surface area (Å²) in [5, 5.41) is 6.65. The molecule has 0 bridgehead atoms. The Morgan fingerprint density at radius 2 is 2.06 bits per heavy atom. The monoisotopic (exact) mass is 253 g/mol. The highest BCUT2D eigenvalue weighted by molar-refractivity contribution is 5.78. The van der Waals surface area contributed by atoms with Gasteiger partial charge in [-0.2, -0.15) is 0 Å². The molecule has 18 heavy (non-hydrogen) atoms. The number of likely N-dealkylation sites (tertiary alicyclic amines) is 1. The minimum Gasteiger partial charge on any atom is -0.352 e. The van der Waals surface area contributed by atoms with E-state index >= 15 is 0 Å². The van der Waals surface area contributed by atoms with Crippen LogP contribution in [0.3, 0.4) is 0 Å². The minimum absolute atomic E-state index is 0.217. The van der Waals surface area contributed by atoms with Crippen LogP contribution in [-0.2, 0) is 4.79 Å². The first-order chi connectivity index (χ1) is 8.72. The molecule has 0 aromatic carbocycles. The van der Waals surface area contributed by atoms with Crippen molar-refractivity contribution >= 4 is 5.91 Å². The van der Waals surface area contributed by atoms with Crippen LogP contribution in [0.2, 0.25) is 0 Å². The molecular weight excluding hydrogens is 226 g/mol. The molecule has 1 aliphatic carbocycles. The standard InChI is InChI=1S/C14H27N3O/c1-3-11-9-17(8-7-13(11)15-4-2)10-14(18)16-12-5-6-12/h11-13,15H,3-10H2,1-2H3,(H,16,18). The Bertz CT molecular complexity index is 278. The first-order valence-electron chi connectivity index (χ1n) is 7.48. The van der Waals surface area contributed by atoms with Gasteiger partial charge in [-0.05, 0) is 31.7 Å². The van der Waals surface area contributed by atoms with E-state index in [1.54, 1.807) is 0 Å². The Labute approximate surface area is 110 Å². The summed E-state index contributed by atoms with van der Waals surface area (Å²) in [7, 11) is 0. The number of amides is 1. The molecule has 0 spiro atoms. The van der Waals surface area contributed by atoms with Crippen molar-refractivity contribution in [2.45, 2.75) is 51.6 Å². The van der Waals surface area contributed by atoms with Gasteiger partial charge in [0.15, 0.2) is 0 Å². The Morgan fingerprint density at radius 3 is 2.67 bits per heavy atom. The second kappa shape index (κ2) is 6.53. The maximum Gasteiger partial charge on any atom is 0.234 e. The average molecular weight is 253 g/mol. The Balaban J connectivity index is 1.75. The lowest BCUT2D eigenvalue weighted by molar-refractivity contribution is -0.122. The number of hydrogen-bond donors (Lipinski definition) is 2. The van der Waals surface area contributed by atoms with Gasteiger partial charge in [0, 0.05) is 25.2 Å². The van der Waals surface area contributed by atoms with Gasteiger partial charge in [0.1, 0.15) is 0 Å². The van der Waals surface area contributed by atoms with Gasteiger partial charge in [-0.3, -0.25) is 9.69 Å². The molecule has 2 unspecified atom stereocenters. The smallest absolute Gasteiger partial charge is 0.234 e. The van der Waals surface area contributed by atoms with E-state index in [0.29, 0.717) is 24.5 Å². The molecule has 104 valence electrons. The van der Waals surface area contributed by atoms with Crippen LogP contribution in [0.4, 0.5) is 0 Å². The molecule has 2 rings (SSSR count). The normalized spacial score (nSPS) is 29.2. The zero-order valence-electron chi connectivity index (χ0n) is 11.7. The quantitative estimate of drug-likeness (QED) is 0.741. The number of piperidine rings is 1. The molecule has 1 amide bonds. The van der Waals surface area contributed by atoms with E-state index in [9.17, 15) is 4.79 Å². The highest BCUT2D eigenvalue weighted by Gasteiger charge is 2.29. The summed E-state index contributed by atoms with van der Waals surface area (Å²) in [6, 6.07) is 1.13. The van der Waals surface area contributed by atoms with Gasteiger partial charge >= 0.3 is 0 Å². The van der Waals surface area contributed by atoms with Crippen molar-refractivity contribution in [1.82, 2.24) is 15.5 Å². The first kappa shape index (κ1) is 13.8. The maximum absolute atomic E-state index is 11.8. The van der Waals surface area contributed by atoms with Crippen molar-refractivity contribution in [2.24, 2.45) is 5.92 Å².